The minimum Gasteiger partial charge on any atom is -0.619 e. The van der Waals surface area contributed by atoms with E-state index in [4.69, 9.17) is 46.9 Å². The van der Waals surface area contributed by atoms with Gasteiger partial charge >= 0.3 is 0 Å². The number of fused-ring (bicyclic) bond motifs is 1. The zero-order valence-electron chi connectivity index (χ0n) is 15.6. The van der Waals surface area contributed by atoms with Gasteiger partial charge in [0.05, 0.1) is 25.9 Å². The maximum atomic E-state index is 13.1. The molecule has 29 heavy (non-hydrogen) atoms. The molecule has 2 heterocycles. The van der Waals surface area contributed by atoms with Crippen molar-refractivity contribution in [3.63, 3.8) is 0 Å². The van der Waals surface area contributed by atoms with Crippen LogP contribution in [0.1, 0.15) is 15.9 Å². The highest BCUT2D eigenvalue weighted by Gasteiger charge is 2.24. The molecule has 0 saturated heterocycles. The number of hydrogen-bond acceptors (Lipinski definition) is 7. The first kappa shape index (κ1) is 21.4. The van der Waals surface area contributed by atoms with Crippen molar-refractivity contribution in [2.75, 3.05) is 40.3 Å². The normalized spacial score (nSPS) is 14.7. The van der Waals surface area contributed by atoms with Gasteiger partial charge in [0.1, 0.15) is 30.1 Å². The number of Topliss-reactive ketones (excluding diaryl/α,β-unsaturated/α-hetero) is 1. The summed E-state index contributed by atoms with van der Waals surface area (Å²) in [6.07, 6.45) is 2.16. The average Bonchev–Trinajstić information content (AvgIpc) is 2.74. The Kier molecular flexibility index (Phi) is 7.38. The Labute approximate surface area is 177 Å². The van der Waals surface area contributed by atoms with Crippen molar-refractivity contribution in [3.8, 4) is 17.2 Å². The Hall–Kier alpha value is -2.26. The van der Waals surface area contributed by atoms with E-state index in [0.717, 1.165) is 12.4 Å². The second kappa shape index (κ2) is 9.98. The van der Waals surface area contributed by atoms with E-state index in [1.54, 1.807) is 12.1 Å². The number of rotatable bonds is 4. The molecule has 0 aliphatic carbocycles. The van der Waals surface area contributed by atoms with Crippen molar-refractivity contribution >= 4 is 29.0 Å². The van der Waals surface area contributed by atoms with Gasteiger partial charge in [-0.1, -0.05) is 23.2 Å². The monoisotopic (exact) mass is 443 g/mol. The number of ether oxygens (including phenoxy) is 5. The lowest BCUT2D eigenvalue weighted by Crippen LogP contribution is -2.25. The van der Waals surface area contributed by atoms with Gasteiger partial charge in [0, 0.05) is 12.0 Å². The van der Waals surface area contributed by atoms with Crippen LogP contribution in [0.25, 0.3) is 0 Å². The van der Waals surface area contributed by atoms with E-state index in [0.29, 0.717) is 28.4 Å². The summed E-state index contributed by atoms with van der Waals surface area (Å²) < 4.78 is 28.0. The summed E-state index contributed by atoms with van der Waals surface area (Å²) in [6.45, 7) is 1.08. The van der Waals surface area contributed by atoms with Gasteiger partial charge in [-0.15, -0.1) is 0 Å². The summed E-state index contributed by atoms with van der Waals surface area (Å²) in [7, 11) is 1.49. The number of carbonyl (C=O) groups excluding carboxylic acids is 1. The number of carbonyl (C=O) groups is 1. The number of hydrogen-bond donors (Lipinski definition) is 0. The Bertz CT molecular complexity index is 868. The average molecular weight is 444 g/mol. The maximum absolute atomic E-state index is 13.1. The zero-order valence-corrected chi connectivity index (χ0v) is 17.1. The minimum absolute atomic E-state index is 0.102. The van der Waals surface area contributed by atoms with Gasteiger partial charge in [0.2, 0.25) is 5.75 Å². The standard InChI is InChI=1S/C19H19Cl2NO7/c1-25-17-3-2-12(16(23)8-13-14(20)9-22(24)10-15(13)21)18-19(17)29-7-5-27-11-26-4-6-28-18/h2-3,9-10H,4-8,11H2,1H3. The first-order valence-corrected chi connectivity index (χ1v) is 9.48. The number of benzene rings is 1. The van der Waals surface area contributed by atoms with Crippen molar-refractivity contribution in [1.82, 2.24) is 0 Å². The van der Waals surface area contributed by atoms with Crippen molar-refractivity contribution in [1.29, 1.82) is 0 Å². The molecule has 0 spiro atoms. The van der Waals surface area contributed by atoms with Crippen molar-refractivity contribution in [2.45, 2.75) is 6.42 Å². The molecule has 3 rings (SSSR count). The summed E-state index contributed by atoms with van der Waals surface area (Å²) in [5, 5.41) is 11.6. The van der Waals surface area contributed by atoms with Crippen LogP contribution in [0, 0.1) is 5.21 Å². The fourth-order valence-electron chi connectivity index (χ4n) is 2.74. The largest absolute Gasteiger partial charge is 0.619 e. The van der Waals surface area contributed by atoms with Crippen LogP contribution >= 0.6 is 23.2 Å². The van der Waals surface area contributed by atoms with Crippen LogP contribution in [0.3, 0.4) is 0 Å². The van der Waals surface area contributed by atoms with Crippen LogP contribution in [0.2, 0.25) is 10.0 Å². The van der Waals surface area contributed by atoms with E-state index in [-0.39, 0.29) is 60.2 Å². The number of aromatic nitrogens is 1. The molecule has 2 aromatic rings. The molecule has 0 atom stereocenters. The third-order valence-electron chi connectivity index (χ3n) is 4.11. The zero-order chi connectivity index (χ0) is 20.8. The Morgan fingerprint density at radius 1 is 1.07 bits per heavy atom. The first-order chi connectivity index (χ1) is 14.0. The van der Waals surface area contributed by atoms with Gasteiger partial charge in [-0.2, -0.15) is 4.73 Å². The van der Waals surface area contributed by atoms with Crippen LogP contribution in [0.4, 0.5) is 0 Å². The molecular formula is C19H19Cl2NO7. The molecule has 0 amide bonds. The van der Waals surface area contributed by atoms with Crippen molar-refractivity contribution < 1.29 is 33.2 Å². The van der Waals surface area contributed by atoms with Gasteiger partial charge in [-0.3, -0.25) is 4.79 Å². The molecule has 0 bridgehead atoms. The van der Waals surface area contributed by atoms with Gasteiger partial charge < -0.3 is 28.9 Å². The maximum Gasteiger partial charge on any atom is 0.204 e. The second-order valence-corrected chi connectivity index (χ2v) is 6.81. The fraction of sp³-hybridized carbons (Fsp3) is 0.368. The number of pyridine rings is 1. The van der Waals surface area contributed by atoms with E-state index in [2.05, 4.69) is 0 Å². The molecule has 0 radical (unpaired) electrons. The summed E-state index contributed by atoms with van der Waals surface area (Å²) in [5.74, 6) is 0.639. The predicted octanol–water partition coefficient (Wildman–Crippen LogP) is 2.82. The van der Waals surface area contributed by atoms with Crippen LogP contribution in [0.5, 0.6) is 17.2 Å². The fourth-order valence-corrected chi connectivity index (χ4v) is 3.32. The number of ketones is 1. The molecule has 1 aliphatic heterocycles. The summed E-state index contributed by atoms with van der Waals surface area (Å²) in [6, 6.07) is 3.20. The smallest absolute Gasteiger partial charge is 0.204 e. The summed E-state index contributed by atoms with van der Waals surface area (Å²) >= 11 is 12.2. The van der Waals surface area contributed by atoms with Crippen molar-refractivity contribution in [3.05, 3.63) is 50.9 Å². The highest BCUT2D eigenvalue weighted by molar-refractivity contribution is 6.36. The summed E-state index contributed by atoms with van der Waals surface area (Å²) in [5.41, 5.74) is 0.622. The van der Waals surface area contributed by atoms with Crippen LogP contribution < -0.4 is 18.9 Å². The lowest BCUT2D eigenvalue weighted by Gasteiger charge is -2.18. The van der Waals surface area contributed by atoms with E-state index in [9.17, 15) is 10.0 Å². The van der Waals surface area contributed by atoms with E-state index in [1.165, 1.54) is 7.11 Å². The van der Waals surface area contributed by atoms with Gasteiger partial charge in [0.15, 0.2) is 29.7 Å². The number of methoxy groups -OCH3 is 1. The first-order valence-electron chi connectivity index (χ1n) is 8.73. The quantitative estimate of drug-likeness (QED) is 0.407. The molecule has 156 valence electrons. The second-order valence-electron chi connectivity index (χ2n) is 6.00. The molecule has 10 heteroatoms. The molecule has 1 aliphatic rings. The van der Waals surface area contributed by atoms with E-state index in [1.807, 2.05) is 0 Å². The van der Waals surface area contributed by atoms with Crippen molar-refractivity contribution in [2.24, 2.45) is 0 Å². The number of nitrogens with zero attached hydrogens (tertiary/aromatic N) is 1. The van der Waals surface area contributed by atoms with Crippen LogP contribution in [0.15, 0.2) is 24.5 Å². The summed E-state index contributed by atoms with van der Waals surface area (Å²) in [4.78, 5) is 13.1. The molecule has 8 nitrogen and oxygen atoms in total. The molecule has 0 saturated carbocycles. The highest BCUT2D eigenvalue weighted by atomic mass is 35.5. The van der Waals surface area contributed by atoms with E-state index < -0.39 is 0 Å². The Morgan fingerprint density at radius 3 is 2.31 bits per heavy atom. The number of halogens is 2. The lowest BCUT2D eigenvalue weighted by atomic mass is 10.0. The Morgan fingerprint density at radius 2 is 1.69 bits per heavy atom. The third-order valence-corrected chi connectivity index (χ3v) is 4.76. The Balaban J connectivity index is 1.97. The van der Waals surface area contributed by atoms with Crippen LogP contribution in [-0.2, 0) is 15.9 Å². The van der Waals surface area contributed by atoms with Crippen LogP contribution in [-0.4, -0.2) is 46.1 Å². The molecule has 0 fully saturated rings. The van der Waals surface area contributed by atoms with Gasteiger partial charge in [0.25, 0.3) is 0 Å². The van der Waals surface area contributed by atoms with E-state index >= 15 is 0 Å². The molecule has 0 unspecified atom stereocenters. The minimum atomic E-state index is -0.313. The molecule has 0 N–H and O–H groups in total. The molecule has 1 aromatic heterocycles. The third kappa shape index (κ3) is 5.22. The SMILES string of the molecule is COc1ccc(C(=O)Cc2c(Cl)c[n+]([O-])cc2Cl)c2c1OCCOCOCCO2. The van der Waals surface area contributed by atoms with Gasteiger partial charge in [-0.25, -0.2) is 0 Å². The van der Waals surface area contributed by atoms with Gasteiger partial charge in [-0.05, 0) is 12.1 Å². The molecule has 1 aromatic carbocycles. The predicted molar refractivity (Wildman–Crippen MR) is 104 cm³/mol. The lowest BCUT2D eigenvalue weighted by molar-refractivity contribution is -0.605. The highest BCUT2D eigenvalue weighted by Crippen LogP contribution is 2.41. The topological polar surface area (TPSA) is 90.2 Å². The molecular weight excluding hydrogens is 425 g/mol.